The zero-order chi connectivity index (χ0) is 2.00. The van der Waals surface area contributed by atoms with Crippen LogP contribution in [0.1, 0.15) is 0 Å². The molecule has 0 bridgehead atoms. The average molecular weight is 245 g/mol. The molecular weight excluding hydrogens is 245 g/mol. The van der Waals surface area contributed by atoms with Crippen LogP contribution < -0.4 is 0 Å². The van der Waals surface area contributed by atoms with E-state index in [0.717, 1.165) is 0 Å². The van der Waals surface area contributed by atoms with Crippen LogP contribution in [0.25, 0.3) is 0 Å². The molecule has 0 rings (SSSR count). The Bertz CT molecular complexity index is 6.00. The van der Waals surface area contributed by atoms with Crippen molar-refractivity contribution < 1.29 is 34.7 Å². The van der Waals surface area contributed by atoms with Gasteiger partial charge in [0.1, 0.15) is 0 Å². The van der Waals surface area contributed by atoms with E-state index >= 15 is 0 Å². The summed E-state index contributed by atoms with van der Waals surface area (Å²) in [5, 5.41) is 0. The third-order valence-electron chi connectivity index (χ3n) is 0. The summed E-state index contributed by atoms with van der Waals surface area (Å²) < 4.78 is 8.30. The quantitative estimate of drug-likeness (QED) is 0.524. The fourth-order valence-corrected chi connectivity index (χ4v) is 0. The van der Waals surface area contributed by atoms with Crippen molar-refractivity contribution in [3.05, 3.63) is 0 Å². The van der Waals surface area contributed by atoms with Gasteiger partial charge in [0.05, 0.1) is 0 Å². The first-order valence-electron chi connectivity index (χ1n) is 0.183. The topological polar surface area (TPSA) is 45.6 Å². The van der Waals surface area contributed by atoms with Gasteiger partial charge in [0.15, 0.2) is 0 Å². The predicted molar refractivity (Wildman–Crippen MR) is 7.13 cm³/mol. The van der Waals surface area contributed by atoms with Crippen molar-refractivity contribution in [2.24, 2.45) is 0 Å². The molecule has 2 nitrogen and oxygen atoms in total. The number of hydrogen-bond donors (Lipinski definition) is 0. The van der Waals surface area contributed by atoms with Crippen LogP contribution in [0.15, 0.2) is 0 Å². The summed E-state index contributed by atoms with van der Waals surface area (Å²) in [4.78, 5) is 0. The van der Waals surface area contributed by atoms with Gasteiger partial charge in [0, 0.05) is 0 Å². The van der Waals surface area contributed by atoms with Crippen molar-refractivity contribution in [3.8, 4) is 0 Å². The molecule has 0 saturated heterocycles. The largest absolute Gasteiger partial charge is 4.00 e. The van der Waals surface area contributed by atoms with E-state index in [2.05, 4.69) is 0 Å². The van der Waals surface area contributed by atoms with Crippen molar-refractivity contribution >= 4 is 23.0 Å². The van der Waals surface area contributed by atoms with Crippen molar-refractivity contribution in [1.29, 1.82) is 0 Å². The molecule has 0 aliphatic heterocycles. The monoisotopic (exact) mass is 243 g/mol. The predicted octanol–water partition coefficient (Wildman–Crippen LogP) is -0.621. The molecular formula is O2SbZr+3. The Kier molecular flexibility index (Phi) is 112. The zero-order valence-corrected chi connectivity index (χ0v) is 6.77. The summed E-state index contributed by atoms with van der Waals surface area (Å²) in [5.41, 5.74) is 0. The molecule has 2 radical (unpaired) electrons. The molecule has 4 heavy (non-hydrogen) atoms. The van der Waals surface area contributed by atoms with Crippen LogP contribution in [-0.2, 0) is 34.7 Å². The summed E-state index contributed by atoms with van der Waals surface area (Å²) in [5.74, 6) is 0. The zero-order valence-electron chi connectivity index (χ0n) is 1.76. The van der Waals surface area contributed by atoms with Gasteiger partial charge >= 0.3 is 52.2 Å². The van der Waals surface area contributed by atoms with Gasteiger partial charge in [0.25, 0.3) is 0 Å². The molecule has 0 spiro atoms. The molecule has 0 N–H and O–H groups in total. The molecule has 0 aromatic carbocycles. The Morgan fingerprint density at radius 2 is 1.25 bits per heavy atom. The van der Waals surface area contributed by atoms with Crippen LogP contribution in [-0.4, -0.2) is 23.0 Å². The SMILES string of the molecule is [O-2].[O]=[Sb+].[Zr+4]. The molecule has 0 aliphatic carbocycles. The summed E-state index contributed by atoms with van der Waals surface area (Å²) >= 11 is 0.500. The summed E-state index contributed by atoms with van der Waals surface area (Å²) in [7, 11) is 0. The van der Waals surface area contributed by atoms with Crippen LogP contribution in [0.3, 0.4) is 0 Å². The molecule has 0 aromatic rings. The van der Waals surface area contributed by atoms with Crippen LogP contribution in [0, 0.1) is 0 Å². The Labute approximate surface area is 57.3 Å². The molecule has 4 heteroatoms. The third-order valence-corrected chi connectivity index (χ3v) is 0. The third kappa shape index (κ3) is 9.82. The second-order valence-corrected chi connectivity index (χ2v) is 0. The van der Waals surface area contributed by atoms with E-state index in [1.165, 1.54) is 0 Å². The summed E-state index contributed by atoms with van der Waals surface area (Å²) in [6.07, 6.45) is 0. The van der Waals surface area contributed by atoms with Crippen LogP contribution in [0.2, 0.25) is 0 Å². The molecule has 0 aliphatic rings. The van der Waals surface area contributed by atoms with Gasteiger partial charge in [-0.3, -0.25) is 0 Å². The minimum absolute atomic E-state index is 0. The first-order chi connectivity index (χ1) is 1.00. The van der Waals surface area contributed by atoms with Gasteiger partial charge in [-0.05, 0) is 0 Å². The maximum atomic E-state index is 8.30. The first kappa shape index (κ1) is 17.9. The first-order valence-corrected chi connectivity index (χ1v) is 1.22. The molecule has 0 saturated carbocycles. The fourth-order valence-electron chi connectivity index (χ4n) is 0. The van der Waals surface area contributed by atoms with E-state index in [-0.39, 0.29) is 31.7 Å². The van der Waals surface area contributed by atoms with E-state index in [0.29, 0.717) is 23.0 Å². The van der Waals surface area contributed by atoms with Crippen molar-refractivity contribution in [1.82, 2.24) is 0 Å². The Morgan fingerprint density at radius 1 is 1.25 bits per heavy atom. The molecule has 0 fully saturated rings. The van der Waals surface area contributed by atoms with Gasteiger partial charge in [0.2, 0.25) is 0 Å². The van der Waals surface area contributed by atoms with Gasteiger partial charge in [-0.1, -0.05) is 0 Å². The van der Waals surface area contributed by atoms with E-state index in [9.17, 15) is 0 Å². The van der Waals surface area contributed by atoms with Gasteiger partial charge in [-0.2, -0.15) is 0 Å². The molecule has 0 amide bonds. The number of rotatable bonds is 0. The Balaban J connectivity index is -0.00000000500. The van der Waals surface area contributed by atoms with E-state index < -0.39 is 0 Å². The second-order valence-electron chi connectivity index (χ2n) is 0. The maximum absolute atomic E-state index is 8.30. The minimum atomic E-state index is 0. The van der Waals surface area contributed by atoms with Gasteiger partial charge in [-0.15, -0.1) is 0 Å². The molecule has 0 aromatic heterocycles. The fraction of sp³-hybridized carbons (Fsp3) is 0. The van der Waals surface area contributed by atoms with Crippen molar-refractivity contribution in [2.75, 3.05) is 0 Å². The summed E-state index contributed by atoms with van der Waals surface area (Å²) in [6.45, 7) is 0. The molecule has 18 valence electrons. The van der Waals surface area contributed by atoms with E-state index in [1.807, 2.05) is 0 Å². The van der Waals surface area contributed by atoms with E-state index in [4.69, 9.17) is 3.02 Å². The van der Waals surface area contributed by atoms with Gasteiger partial charge < -0.3 is 5.48 Å². The normalized spacial score (nSPS) is 1.00. The van der Waals surface area contributed by atoms with Crippen LogP contribution in [0.5, 0.6) is 0 Å². The molecule has 0 heterocycles. The maximum Gasteiger partial charge on any atom is 4.00 e. The standard InChI is InChI=1S/2O.Sb.Zr/q;-2;+1;+4. The summed E-state index contributed by atoms with van der Waals surface area (Å²) in [6, 6.07) is 0. The second kappa shape index (κ2) is 25.0. The van der Waals surface area contributed by atoms with Crippen molar-refractivity contribution in [3.63, 3.8) is 0 Å². The Hall–Kier alpha value is 1.46. The molecule has 0 unspecified atom stereocenters. The minimum Gasteiger partial charge on any atom is 4.00 e. The van der Waals surface area contributed by atoms with Crippen LogP contribution in [0.4, 0.5) is 0 Å². The van der Waals surface area contributed by atoms with Crippen LogP contribution >= 0.6 is 0 Å². The number of hydrogen-bond acceptors (Lipinski definition) is 1. The average Bonchev–Trinajstić information content (AvgIpc) is 1.00. The van der Waals surface area contributed by atoms with E-state index in [1.54, 1.807) is 0 Å². The molecule has 0 atom stereocenters. The van der Waals surface area contributed by atoms with Gasteiger partial charge in [-0.25, -0.2) is 0 Å². The smallest absolute Gasteiger partial charge is 4.00 e. The van der Waals surface area contributed by atoms with Crippen molar-refractivity contribution in [2.45, 2.75) is 0 Å². The Morgan fingerprint density at radius 3 is 1.25 bits per heavy atom.